The van der Waals surface area contributed by atoms with E-state index in [-0.39, 0.29) is 22.6 Å². The molecule has 0 aromatic carbocycles. The molecule has 13 nitrogen and oxygen atoms in total. The van der Waals surface area contributed by atoms with Crippen LogP contribution >= 0.6 is 11.6 Å². The zero-order chi connectivity index (χ0) is 25.7. The number of aromatic nitrogens is 5. The Hall–Kier alpha value is -3.32. The van der Waals surface area contributed by atoms with Gasteiger partial charge in [-0.15, -0.1) is 0 Å². The molecule has 35 heavy (non-hydrogen) atoms. The van der Waals surface area contributed by atoms with Gasteiger partial charge in [0.05, 0.1) is 0 Å². The summed E-state index contributed by atoms with van der Waals surface area (Å²) in [5, 5.41) is 3.09. The maximum Gasteiger partial charge on any atom is 0.302 e. The highest BCUT2D eigenvalue weighted by Gasteiger charge is 2.23. The van der Waals surface area contributed by atoms with E-state index >= 15 is 0 Å². The van der Waals surface area contributed by atoms with Gasteiger partial charge in [-0.05, 0) is 13.0 Å². The number of aliphatic imine (C=N–C) groups is 1. The average Bonchev–Trinajstić information content (AvgIpc) is 2.79. The van der Waals surface area contributed by atoms with Crippen LogP contribution in [0.25, 0.3) is 0 Å². The van der Waals surface area contributed by atoms with E-state index in [9.17, 15) is 4.79 Å². The van der Waals surface area contributed by atoms with E-state index in [1.54, 1.807) is 0 Å². The van der Waals surface area contributed by atoms with Crippen molar-refractivity contribution in [1.82, 2.24) is 29.8 Å². The molecule has 1 aliphatic rings. The molecule has 0 aliphatic carbocycles. The van der Waals surface area contributed by atoms with Crippen LogP contribution in [0.4, 0.5) is 23.5 Å². The minimum Gasteiger partial charge on any atom is -0.370 e. The van der Waals surface area contributed by atoms with Crippen LogP contribution in [0.15, 0.2) is 4.99 Å². The molecule has 0 saturated carbocycles. The van der Waals surface area contributed by atoms with Crippen molar-refractivity contribution in [3.05, 3.63) is 16.7 Å². The van der Waals surface area contributed by atoms with Crippen molar-refractivity contribution in [3.8, 4) is 0 Å². The molecule has 0 atom stereocenters. The van der Waals surface area contributed by atoms with E-state index in [0.29, 0.717) is 36.5 Å². The molecular formula is C21H33ClN12O. The SMILES string of the molecule is CCc1nc(Nc2nc(N(C)CC(C)C)c(Cl)nc2C(=O)N=C(N)N)nc(N2CCN(C)CC2)n1. The number of rotatable bonds is 8. The summed E-state index contributed by atoms with van der Waals surface area (Å²) in [6, 6.07) is 0. The molecule has 0 spiro atoms. The van der Waals surface area contributed by atoms with Crippen LogP contribution in [0.1, 0.15) is 37.1 Å². The lowest BCUT2D eigenvalue weighted by atomic mass is 10.2. The Morgan fingerprint density at radius 3 is 2.43 bits per heavy atom. The molecular weight excluding hydrogens is 472 g/mol. The molecule has 5 N–H and O–H groups in total. The van der Waals surface area contributed by atoms with Crippen LogP contribution < -0.4 is 26.6 Å². The van der Waals surface area contributed by atoms with E-state index < -0.39 is 11.9 Å². The highest BCUT2D eigenvalue weighted by atomic mass is 35.5. The number of amides is 1. The van der Waals surface area contributed by atoms with Gasteiger partial charge < -0.3 is 31.5 Å². The van der Waals surface area contributed by atoms with Gasteiger partial charge in [-0.1, -0.05) is 32.4 Å². The number of nitrogens with zero attached hydrogens (tertiary/aromatic N) is 9. The quantitative estimate of drug-likeness (QED) is 0.343. The largest absolute Gasteiger partial charge is 0.370 e. The lowest BCUT2D eigenvalue weighted by Crippen LogP contribution is -2.45. The molecule has 1 fully saturated rings. The van der Waals surface area contributed by atoms with Crippen LogP contribution in [0, 0.1) is 5.92 Å². The maximum absolute atomic E-state index is 12.7. The van der Waals surface area contributed by atoms with E-state index in [2.05, 4.69) is 65.9 Å². The lowest BCUT2D eigenvalue weighted by Gasteiger charge is -2.32. The Labute approximate surface area is 210 Å². The summed E-state index contributed by atoms with van der Waals surface area (Å²) in [6.45, 7) is 10.2. The third kappa shape index (κ3) is 6.85. The summed E-state index contributed by atoms with van der Waals surface area (Å²) in [5.74, 6) is 1.05. The number of piperazine rings is 1. The first kappa shape index (κ1) is 26.3. The standard InChI is InChI=1S/C21H33ClN12O/c1-6-13-25-20(31-21(26-13)34-9-7-32(4)8-10-34)29-16-14(18(35)30-19(23)24)27-15(22)17(28-16)33(5)11-12(2)3/h12H,6-11H2,1-5H3,(H4,23,24,30,35)(H,25,26,28,29,31). The lowest BCUT2D eigenvalue weighted by molar-refractivity contribution is 0.0998. The van der Waals surface area contributed by atoms with Gasteiger partial charge in [0, 0.05) is 46.2 Å². The third-order valence-electron chi connectivity index (χ3n) is 5.27. The predicted molar refractivity (Wildman–Crippen MR) is 137 cm³/mol. The number of nitrogens with two attached hydrogens (primary N) is 2. The van der Waals surface area contributed by atoms with Crippen molar-refractivity contribution in [2.45, 2.75) is 27.2 Å². The molecule has 0 unspecified atom stereocenters. The van der Waals surface area contributed by atoms with Crippen molar-refractivity contribution < 1.29 is 4.79 Å². The topological polar surface area (TPSA) is 168 Å². The smallest absolute Gasteiger partial charge is 0.302 e. The summed E-state index contributed by atoms with van der Waals surface area (Å²) >= 11 is 6.39. The molecule has 3 rings (SSSR count). The molecule has 0 radical (unpaired) electrons. The monoisotopic (exact) mass is 504 g/mol. The fourth-order valence-corrected chi connectivity index (χ4v) is 3.84. The molecule has 14 heteroatoms. The minimum absolute atomic E-state index is 0.0517. The van der Waals surface area contributed by atoms with Crippen molar-refractivity contribution >= 4 is 47.0 Å². The number of carbonyl (C=O) groups excluding carboxylic acids is 1. The van der Waals surface area contributed by atoms with Crippen molar-refractivity contribution in [1.29, 1.82) is 0 Å². The minimum atomic E-state index is -0.788. The predicted octanol–water partition coefficient (Wildman–Crippen LogP) is 0.879. The van der Waals surface area contributed by atoms with Gasteiger partial charge >= 0.3 is 5.91 Å². The van der Waals surface area contributed by atoms with Crippen molar-refractivity contribution in [2.24, 2.45) is 22.4 Å². The summed E-state index contributed by atoms with van der Waals surface area (Å²) in [4.78, 5) is 45.0. The van der Waals surface area contributed by atoms with E-state index in [1.165, 1.54) is 0 Å². The highest BCUT2D eigenvalue weighted by Crippen LogP contribution is 2.27. The summed E-state index contributed by atoms with van der Waals surface area (Å²) < 4.78 is 0. The zero-order valence-corrected chi connectivity index (χ0v) is 21.5. The Balaban J connectivity index is 2.04. The van der Waals surface area contributed by atoms with Crippen molar-refractivity contribution in [2.75, 3.05) is 61.9 Å². The number of nitrogens with one attached hydrogen (secondary N) is 1. The first-order valence-electron chi connectivity index (χ1n) is 11.5. The summed E-state index contributed by atoms with van der Waals surface area (Å²) in [7, 11) is 3.93. The first-order chi connectivity index (χ1) is 16.6. The molecule has 2 aromatic heterocycles. The number of guanidine groups is 1. The number of halogens is 1. The normalized spacial score (nSPS) is 14.2. The second-order valence-electron chi connectivity index (χ2n) is 8.80. The Morgan fingerprint density at radius 1 is 1.14 bits per heavy atom. The van der Waals surface area contributed by atoms with Crippen LogP contribution in [0.5, 0.6) is 0 Å². The molecule has 1 amide bonds. The summed E-state index contributed by atoms with van der Waals surface area (Å²) in [6.07, 6.45) is 0.604. The fraction of sp³-hybridized carbons (Fsp3) is 0.571. The highest BCUT2D eigenvalue weighted by molar-refractivity contribution is 6.32. The van der Waals surface area contributed by atoms with E-state index in [1.807, 2.05) is 18.9 Å². The fourth-order valence-electron chi connectivity index (χ4n) is 3.56. The van der Waals surface area contributed by atoms with Gasteiger partial charge in [0.15, 0.2) is 28.4 Å². The number of anilines is 4. The molecule has 1 saturated heterocycles. The number of carbonyl (C=O) groups is 1. The molecule has 2 aromatic rings. The Bertz CT molecular complexity index is 1080. The van der Waals surface area contributed by atoms with Gasteiger partial charge in [-0.3, -0.25) is 4.79 Å². The van der Waals surface area contributed by atoms with Crippen LogP contribution in [-0.4, -0.2) is 88.5 Å². The van der Waals surface area contributed by atoms with Gasteiger partial charge in [-0.25, -0.2) is 9.97 Å². The number of hydrogen-bond acceptors (Lipinski definition) is 10. The Kier molecular flexibility index (Phi) is 8.57. The third-order valence-corrected chi connectivity index (χ3v) is 5.53. The van der Waals surface area contributed by atoms with E-state index in [4.69, 9.17) is 23.1 Å². The van der Waals surface area contributed by atoms with Crippen LogP contribution in [0.3, 0.4) is 0 Å². The molecule has 190 valence electrons. The van der Waals surface area contributed by atoms with Crippen LogP contribution in [0.2, 0.25) is 5.15 Å². The second-order valence-corrected chi connectivity index (χ2v) is 9.15. The first-order valence-corrected chi connectivity index (χ1v) is 11.8. The van der Waals surface area contributed by atoms with Gasteiger partial charge in [0.2, 0.25) is 11.9 Å². The van der Waals surface area contributed by atoms with Crippen molar-refractivity contribution in [3.63, 3.8) is 0 Å². The number of aryl methyl sites for hydroxylation is 1. The second kappa shape index (κ2) is 11.4. The number of likely N-dealkylation sites (N-methyl/N-ethyl adjacent to an activating group) is 1. The van der Waals surface area contributed by atoms with Gasteiger partial charge in [0.25, 0.3) is 0 Å². The van der Waals surface area contributed by atoms with E-state index in [0.717, 1.165) is 26.2 Å². The van der Waals surface area contributed by atoms with Gasteiger partial charge in [-0.2, -0.15) is 19.9 Å². The summed E-state index contributed by atoms with van der Waals surface area (Å²) in [5.41, 5.74) is 10.7. The molecule has 1 aliphatic heterocycles. The molecule has 3 heterocycles. The Morgan fingerprint density at radius 2 is 1.83 bits per heavy atom. The number of hydrogen-bond donors (Lipinski definition) is 3. The average molecular weight is 505 g/mol. The molecule has 0 bridgehead atoms. The van der Waals surface area contributed by atoms with Crippen LogP contribution in [-0.2, 0) is 6.42 Å². The maximum atomic E-state index is 12.7. The van der Waals surface area contributed by atoms with Gasteiger partial charge in [0.1, 0.15) is 5.82 Å². The zero-order valence-electron chi connectivity index (χ0n) is 20.8.